The van der Waals surface area contributed by atoms with Gasteiger partial charge in [0.25, 0.3) is 0 Å². The molecule has 2 fully saturated rings. The Kier molecular flexibility index (Phi) is 7.98. The van der Waals surface area contributed by atoms with Crippen molar-refractivity contribution in [1.82, 2.24) is 15.3 Å². The van der Waals surface area contributed by atoms with E-state index in [1.165, 1.54) is 31.4 Å². The highest BCUT2D eigenvalue weighted by Gasteiger charge is 2.21. The van der Waals surface area contributed by atoms with Crippen LogP contribution in [0.4, 0.5) is 23.3 Å². The number of thiocarbonyl (C=S) groups is 1. The summed E-state index contributed by atoms with van der Waals surface area (Å²) < 4.78 is 0. The number of aromatic nitrogens is 2. The van der Waals surface area contributed by atoms with E-state index in [2.05, 4.69) is 68.7 Å². The highest BCUT2D eigenvalue weighted by molar-refractivity contribution is 7.80. The SMILES string of the molecule is CCCNC(=S)Nc1nc(N2CCCCCC2)cc(N2CCN(c3ccccc3)CC2)n1. The van der Waals surface area contributed by atoms with Gasteiger partial charge in [0, 0.05) is 57.6 Å². The standard InChI is InChI=1S/C24H35N7S/c1-2-12-25-24(32)28-23-26-21(30-13-8-3-4-9-14-30)19-22(27-23)31-17-15-29(16-18-31)20-10-6-5-7-11-20/h5-7,10-11,19H,2-4,8-9,12-18H2,1H3,(H2,25,26,27,28,32). The van der Waals surface area contributed by atoms with E-state index in [0.717, 1.165) is 63.9 Å². The van der Waals surface area contributed by atoms with Crippen molar-refractivity contribution in [2.24, 2.45) is 0 Å². The zero-order valence-electron chi connectivity index (χ0n) is 19.1. The molecule has 0 saturated carbocycles. The average Bonchev–Trinajstić information content (AvgIpc) is 3.13. The summed E-state index contributed by atoms with van der Waals surface area (Å²) in [6.45, 7) is 8.89. The van der Waals surface area contributed by atoms with Crippen LogP contribution in [0.25, 0.3) is 0 Å². The maximum atomic E-state index is 5.46. The average molecular weight is 454 g/mol. The molecule has 0 aliphatic carbocycles. The lowest BCUT2D eigenvalue weighted by atomic mass is 10.2. The monoisotopic (exact) mass is 453 g/mol. The number of piperazine rings is 1. The van der Waals surface area contributed by atoms with Crippen LogP contribution in [-0.4, -0.2) is 60.9 Å². The van der Waals surface area contributed by atoms with Gasteiger partial charge in [-0.2, -0.15) is 9.97 Å². The first kappa shape index (κ1) is 22.6. The lowest BCUT2D eigenvalue weighted by molar-refractivity contribution is 0.646. The Morgan fingerprint density at radius 3 is 2.06 bits per heavy atom. The molecule has 2 N–H and O–H groups in total. The van der Waals surface area contributed by atoms with Gasteiger partial charge in [0.05, 0.1) is 0 Å². The van der Waals surface area contributed by atoms with Gasteiger partial charge in [-0.3, -0.25) is 0 Å². The van der Waals surface area contributed by atoms with Crippen LogP contribution < -0.4 is 25.3 Å². The predicted molar refractivity (Wildman–Crippen MR) is 138 cm³/mol. The molecule has 0 amide bonds. The van der Waals surface area contributed by atoms with Crippen LogP contribution in [0.5, 0.6) is 0 Å². The van der Waals surface area contributed by atoms with Gasteiger partial charge in [0.1, 0.15) is 11.6 Å². The van der Waals surface area contributed by atoms with Gasteiger partial charge in [0.2, 0.25) is 5.95 Å². The molecule has 0 unspecified atom stereocenters. The van der Waals surface area contributed by atoms with E-state index >= 15 is 0 Å². The molecule has 4 rings (SSSR count). The Morgan fingerprint density at radius 2 is 1.44 bits per heavy atom. The van der Waals surface area contributed by atoms with Crippen molar-refractivity contribution in [3.8, 4) is 0 Å². The van der Waals surface area contributed by atoms with Gasteiger partial charge in [-0.05, 0) is 43.6 Å². The maximum absolute atomic E-state index is 5.46. The molecule has 0 radical (unpaired) electrons. The van der Waals surface area contributed by atoms with Gasteiger partial charge in [-0.25, -0.2) is 0 Å². The second-order valence-electron chi connectivity index (χ2n) is 8.50. The summed E-state index contributed by atoms with van der Waals surface area (Å²) in [5, 5.41) is 7.02. The number of hydrogen-bond acceptors (Lipinski definition) is 6. The first-order valence-corrected chi connectivity index (χ1v) is 12.4. The van der Waals surface area contributed by atoms with Crippen molar-refractivity contribution in [2.75, 3.05) is 65.8 Å². The van der Waals surface area contributed by atoms with Crippen molar-refractivity contribution in [1.29, 1.82) is 0 Å². The minimum absolute atomic E-state index is 0.583. The number of para-hydroxylation sites is 1. The Balaban J connectivity index is 1.51. The van der Waals surface area contributed by atoms with Crippen LogP contribution in [0.3, 0.4) is 0 Å². The van der Waals surface area contributed by atoms with Crippen molar-refractivity contribution < 1.29 is 0 Å². The number of rotatable bonds is 6. The van der Waals surface area contributed by atoms with Crippen LogP contribution in [0.1, 0.15) is 39.0 Å². The molecule has 2 aromatic rings. The Labute approximate surface area is 197 Å². The van der Waals surface area contributed by atoms with Crippen molar-refractivity contribution >= 4 is 40.6 Å². The third-order valence-electron chi connectivity index (χ3n) is 6.12. The lowest BCUT2D eigenvalue weighted by Gasteiger charge is -2.37. The van der Waals surface area contributed by atoms with E-state index in [9.17, 15) is 0 Å². The molecule has 0 atom stereocenters. The molecule has 0 spiro atoms. The molecule has 1 aromatic carbocycles. The lowest BCUT2D eigenvalue weighted by Crippen LogP contribution is -2.47. The smallest absolute Gasteiger partial charge is 0.232 e. The molecule has 2 saturated heterocycles. The number of nitrogens with one attached hydrogen (secondary N) is 2. The molecule has 2 aliphatic heterocycles. The van der Waals surface area contributed by atoms with Crippen molar-refractivity contribution in [3.05, 3.63) is 36.4 Å². The molecule has 1 aromatic heterocycles. The molecule has 3 heterocycles. The second kappa shape index (κ2) is 11.3. The van der Waals surface area contributed by atoms with E-state index in [-0.39, 0.29) is 0 Å². The Morgan fingerprint density at radius 1 is 0.844 bits per heavy atom. The van der Waals surface area contributed by atoms with Crippen LogP contribution in [-0.2, 0) is 0 Å². The minimum Gasteiger partial charge on any atom is -0.368 e. The molecular formula is C24H35N7S. The number of benzene rings is 1. The topological polar surface area (TPSA) is 59.6 Å². The Bertz CT molecular complexity index is 860. The molecule has 7 nitrogen and oxygen atoms in total. The summed E-state index contributed by atoms with van der Waals surface area (Å²) in [6, 6.07) is 12.8. The van der Waals surface area contributed by atoms with E-state index in [1.54, 1.807) is 0 Å². The zero-order valence-corrected chi connectivity index (χ0v) is 19.9. The third-order valence-corrected chi connectivity index (χ3v) is 6.36. The predicted octanol–water partition coefficient (Wildman–Crippen LogP) is 3.88. The summed E-state index contributed by atoms with van der Waals surface area (Å²) >= 11 is 5.46. The normalized spacial score (nSPS) is 17.1. The summed E-state index contributed by atoms with van der Waals surface area (Å²) in [4.78, 5) is 16.9. The maximum Gasteiger partial charge on any atom is 0.232 e. The highest BCUT2D eigenvalue weighted by atomic mass is 32.1. The quantitative estimate of drug-likeness (QED) is 0.639. The summed E-state index contributed by atoms with van der Waals surface area (Å²) in [5.41, 5.74) is 1.29. The summed E-state index contributed by atoms with van der Waals surface area (Å²) in [6.07, 6.45) is 6.05. The van der Waals surface area contributed by atoms with Crippen LogP contribution in [0.15, 0.2) is 36.4 Å². The third kappa shape index (κ3) is 6.00. The molecular weight excluding hydrogens is 418 g/mol. The zero-order chi connectivity index (χ0) is 22.2. The van der Waals surface area contributed by atoms with Crippen LogP contribution in [0.2, 0.25) is 0 Å². The Hall–Kier alpha value is -2.61. The molecule has 172 valence electrons. The van der Waals surface area contributed by atoms with Crippen LogP contribution in [0, 0.1) is 0 Å². The van der Waals surface area contributed by atoms with Gasteiger partial charge in [-0.1, -0.05) is 38.0 Å². The minimum atomic E-state index is 0.583. The van der Waals surface area contributed by atoms with Gasteiger partial charge >= 0.3 is 0 Å². The van der Waals surface area contributed by atoms with Crippen molar-refractivity contribution in [3.63, 3.8) is 0 Å². The van der Waals surface area contributed by atoms with Crippen molar-refractivity contribution in [2.45, 2.75) is 39.0 Å². The molecule has 2 aliphatic rings. The molecule has 8 heteroatoms. The second-order valence-corrected chi connectivity index (χ2v) is 8.91. The fraction of sp³-hybridized carbons (Fsp3) is 0.542. The number of nitrogens with zero attached hydrogens (tertiary/aromatic N) is 5. The fourth-order valence-corrected chi connectivity index (χ4v) is 4.51. The largest absolute Gasteiger partial charge is 0.368 e. The first-order valence-electron chi connectivity index (χ1n) is 12.0. The first-order chi connectivity index (χ1) is 15.7. The van der Waals surface area contributed by atoms with Gasteiger partial charge in [0.15, 0.2) is 5.11 Å². The highest BCUT2D eigenvalue weighted by Crippen LogP contribution is 2.25. The van der Waals surface area contributed by atoms with E-state index in [4.69, 9.17) is 22.2 Å². The summed E-state index contributed by atoms with van der Waals surface area (Å²) in [7, 11) is 0. The van der Waals surface area contributed by atoms with E-state index in [0.29, 0.717) is 11.1 Å². The van der Waals surface area contributed by atoms with Crippen LogP contribution >= 0.6 is 12.2 Å². The molecule has 32 heavy (non-hydrogen) atoms. The summed E-state index contributed by atoms with van der Waals surface area (Å²) in [5.74, 6) is 2.57. The van der Waals surface area contributed by atoms with E-state index in [1.807, 2.05) is 0 Å². The van der Waals surface area contributed by atoms with Gasteiger partial charge < -0.3 is 25.3 Å². The fourth-order valence-electron chi connectivity index (χ4n) is 4.32. The molecule has 0 bridgehead atoms. The van der Waals surface area contributed by atoms with Gasteiger partial charge in [-0.15, -0.1) is 0 Å². The van der Waals surface area contributed by atoms with E-state index < -0.39 is 0 Å². The number of anilines is 4. The number of hydrogen-bond donors (Lipinski definition) is 2.